The molecule has 4 N–H and O–H groups in total. The number of rotatable bonds is 3. The summed E-state index contributed by atoms with van der Waals surface area (Å²) in [5.41, 5.74) is 16.9. The second kappa shape index (κ2) is 9.62. The number of hydrogen-bond acceptors (Lipinski definition) is 2. The van der Waals surface area contributed by atoms with Crippen molar-refractivity contribution in [3.63, 3.8) is 0 Å². The molecule has 0 amide bonds. The predicted molar refractivity (Wildman–Crippen MR) is 59.6 cm³/mol. The van der Waals surface area contributed by atoms with Crippen molar-refractivity contribution in [2.24, 2.45) is 21.7 Å². The van der Waals surface area contributed by atoms with Gasteiger partial charge in [0, 0.05) is 28.9 Å². The third kappa shape index (κ3) is 14.4. The third-order valence-electron chi connectivity index (χ3n) is 0.520. The zero-order valence-electron chi connectivity index (χ0n) is 6.31. The molecule has 6 nitrogen and oxygen atoms in total. The molecule has 0 aromatic heterocycles. The fourth-order valence-corrected chi connectivity index (χ4v) is 0.348. The number of nitrogens with zero attached hydrogens (tertiary/aromatic N) is 4. The summed E-state index contributed by atoms with van der Waals surface area (Å²) in [4.78, 5) is 0. The van der Waals surface area contributed by atoms with Crippen molar-refractivity contribution in [2.75, 3.05) is 0 Å². The third-order valence-corrected chi connectivity index (χ3v) is 0.699. The fourth-order valence-electron chi connectivity index (χ4n) is 0.245. The van der Waals surface area contributed by atoms with Crippen LogP contribution in [0.5, 0.6) is 0 Å². The normalized spacial score (nSPS) is 9.69. The molecule has 0 aromatic carbocycles. The number of nitrogens with two attached hydrogens (primary N) is 2. The van der Waals surface area contributed by atoms with E-state index in [1.54, 1.807) is 0 Å². The minimum atomic E-state index is 0. The molecular weight excluding hydrogens is 255 g/mol. The molecule has 13 heavy (non-hydrogen) atoms. The molecule has 0 unspecified atom stereocenters. The van der Waals surface area contributed by atoms with Crippen LogP contribution in [0.4, 0.5) is 0 Å². The van der Waals surface area contributed by atoms with Crippen molar-refractivity contribution in [3.05, 3.63) is 10.9 Å². The summed E-state index contributed by atoms with van der Waals surface area (Å²) in [6.07, 6.45) is 2.56. The summed E-state index contributed by atoms with van der Waals surface area (Å²) in [7, 11) is 0. The number of hydrogen-bond donors (Lipinski definition) is 2. The first-order valence-corrected chi connectivity index (χ1v) is 3.62. The molecule has 0 saturated carbocycles. The maximum Gasteiger partial charge on any atom is 0.183 e. The Kier molecular flexibility index (Phi) is 11.1. The van der Waals surface area contributed by atoms with Gasteiger partial charge in [0.15, 0.2) is 34.7 Å². The Morgan fingerprint density at radius 2 is 1.31 bits per heavy atom. The summed E-state index contributed by atoms with van der Waals surface area (Å²) in [5, 5.41) is 7.02. The van der Waals surface area contributed by atoms with Crippen molar-refractivity contribution in [1.29, 1.82) is 0 Å². The van der Waals surface area contributed by atoms with Crippen LogP contribution in [0.2, 0.25) is 0 Å². The molecule has 0 heterocycles. The monoisotopic (exact) mass is 262 g/mol. The van der Waals surface area contributed by atoms with E-state index in [0.717, 1.165) is 0 Å². The molecule has 9 heteroatoms. The van der Waals surface area contributed by atoms with Gasteiger partial charge in [0.05, 0.1) is 0 Å². The predicted octanol–water partition coefficient (Wildman–Crippen LogP) is -1.65. The van der Waals surface area contributed by atoms with Gasteiger partial charge in [-0.1, -0.05) is 0 Å². The molecule has 0 fully saturated rings. The summed E-state index contributed by atoms with van der Waals surface area (Å²) in [5.74, 6) is 0. The maximum absolute atomic E-state index is 5.05. The Morgan fingerprint density at radius 1 is 1.00 bits per heavy atom. The van der Waals surface area contributed by atoms with Gasteiger partial charge in [0.25, 0.3) is 0 Å². The van der Waals surface area contributed by atoms with Crippen molar-refractivity contribution >= 4 is 47.1 Å². The van der Waals surface area contributed by atoms with Gasteiger partial charge in [-0.2, -0.15) is 0 Å². The van der Waals surface area contributed by atoms with Gasteiger partial charge in [-0.05, 0) is 0 Å². The molecule has 0 bridgehead atoms. The molecule has 0 aromatic rings. The van der Waals surface area contributed by atoms with E-state index < -0.39 is 0 Å². The van der Waals surface area contributed by atoms with Crippen LogP contribution in [0, 0.1) is 0 Å². The van der Waals surface area contributed by atoms with Crippen molar-refractivity contribution in [3.8, 4) is 0 Å². The average molecular weight is 263 g/mol. The second-order valence-electron chi connectivity index (χ2n) is 1.45. The largest absolute Gasteiger partial charge is 0.515 e. The second-order valence-corrected chi connectivity index (χ2v) is 2.36. The summed E-state index contributed by atoms with van der Waals surface area (Å²) in [6, 6.07) is 0. The van der Waals surface area contributed by atoms with Gasteiger partial charge >= 0.3 is 0 Å². The first-order valence-electron chi connectivity index (χ1n) is 2.72. The average Bonchev–Trinajstić information content (AvgIpc) is 1.95. The van der Waals surface area contributed by atoms with Gasteiger partial charge in [-0.15, -0.1) is 0 Å². The molecule has 0 spiro atoms. The van der Waals surface area contributed by atoms with Crippen LogP contribution in [0.15, 0.2) is 10.2 Å². The standard InChI is InChI=1S/C4H8N6S2.Ni/c5-3(11)9-7-1-2-8-10-4(6)12;/h1-2H,(H6,5,6,7,8,9,10,11,12);. The molecular formula is C4H8N6NiS2. The van der Waals surface area contributed by atoms with Crippen LogP contribution in [0.25, 0.3) is 10.9 Å². The molecule has 76 valence electrons. The Hall–Kier alpha value is -0.466. The van der Waals surface area contributed by atoms with E-state index >= 15 is 0 Å². The Bertz CT molecular complexity index is 203. The Balaban J connectivity index is 0. The van der Waals surface area contributed by atoms with E-state index in [9.17, 15) is 0 Å². The minimum absolute atomic E-state index is 0. The van der Waals surface area contributed by atoms with Crippen LogP contribution in [0.1, 0.15) is 0 Å². The van der Waals surface area contributed by atoms with Gasteiger partial charge in [0.2, 0.25) is 0 Å². The van der Waals surface area contributed by atoms with E-state index in [2.05, 4.69) is 45.5 Å². The first kappa shape index (κ1) is 15.0. The molecule has 0 aliphatic carbocycles. The van der Waals surface area contributed by atoms with E-state index in [-0.39, 0.29) is 26.7 Å². The molecule has 0 rings (SSSR count). The van der Waals surface area contributed by atoms with E-state index in [4.69, 9.17) is 11.5 Å². The molecule has 0 aliphatic rings. The molecule has 0 aliphatic heterocycles. The quantitative estimate of drug-likeness (QED) is 0.159. The minimum Gasteiger partial charge on any atom is -0.515 e. The van der Waals surface area contributed by atoms with Gasteiger partial charge in [0.1, 0.15) is 0 Å². The van der Waals surface area contributed by atoms with Crippen molar-refractivity contribution in [1.82, 2.24) is 0 Å². The molecule has 0 radical (unpaired) electrons. The van der Waals surface area contributed by atoms with Crippen LogP contribution in [-0.2, 0) is 40.9 Å². The van der Waals surface area contributed by atoms with E-state index in [1.165, 1.54) is 12.4 Å². The van der Waals surface area contributed by atoms with Crippen LogP contribution < -0.4 is 11.5 Å². The van der Waals surface area contributed by atoms with Crippen LogP contribution in [0.3, 0.4) is 0 Å². The van der Waals surface area contributed by atoms with Crippen molar-refractivity contribution in [2.45, 2.75) is 0 Å². The van der Waals surface area contributed by atoms with E-state index in [0.29, 0.717) is 0 Å². The van der Waals surface area contributed by atoms with E-state index in [1.807, 2.05) is 0 Å². The van der Waals surface area contributed by atoms with Gasteiger partial charge < -0.3 is 21.1 Å². The summed E-state index contributed by atoms with van der Waals surface area (Å²) >= 11 is 7.33. The molecule has 0 saturated heterocycles. The fraction of sp³-hybridized carbons (Fsp3) is 0. The maximum atomic E-state index is 5.05. The summed E-state index contributed by atoms with van der Waals surface area (Å²) < 4.78 is 0. The van der Waals surface area contributed by atoms with Crippen LogP contribution in [-0.4, -0.2) is 22.7 Å². The van der Waals surface area contributed by atoms with Crippen LogP contribution >= 0.6 is 0 Å². The van der Waals surface area contributed by atoms with Crippen molar-refractivity contribution < 1.29 is 16.5 Å². The molecule has 0 atom stereocenters. The Labute approximate surface area is 96.1 Å². The first-order chi connectivity index (χ1) is 5.63. The van der Waals surface area contributed by atoms with Gasteiger partial charge in [-0.25, -0.2) is 0 Å². The topological polar surface area (TPSA) is 105 Å². The smallest absolute Gasteiger partial charge is 0.183 e. The zero-order valence-corrected chi connectivity index (χ0v) is 9.09. The van der Waals surface area contributed by atoms with Gasteiger partial charge in [-0.3, -0.25) is 11.5 Å². The number of thiol groups is 2. The SMILES string of the molecule is NC(=[SH+])[N-]N=CC=N[N-]C(N)=[SH+].[Ni]. The Morgan fingerprint density at radius 3 is 1.54 bits per heavy atom. The zero-order chi connectivity index (χ0) is 9.40. The summed E-state index contributed by atoms with van der Waals surface area (Å²) in [6.45, 7) is 0.